The van der Waals surface area contributed by atoms with Crippen LogP contribution in [-0.4, -0.2) is 43.2 Å². The number of hydrogen-bond acceptors (Lipinski definition) is 4. The van der Waals surface area contributed by atoms with E-state index in [4.69, 9.17) is 5.11 Å². The van der Waals surface area contributed by atoms with Crippen LogP contribution in [0.25, 0.3) is 0 Å². The maximum absolute atomic E-state index is 12.8. The van der Waals surface area contributed by atoms with Gasteiger partial charge in [-0.2, -0.15) is 0 Å². The van der Waals surface area contributed by atoms with E-state index in [-0.39, 0.29) is 6.54 Å². The van der Waals surface area contributed by atoms with Gasteiger partial charge in [0.1, 0.15) is 0 Å². The van der Waals surface area contributed by atoms with Crippen LogP contribution in [0.5, 0.6) is 0 Å². The first-order valence-corrected chi connectivity index (χ1v) is 5.37. The van der Waals surface area contributed by atoms with Crippen molar-refractivity contribution >= 4 is 11.9 Å². The molecule has 0 heterocycles. The van der Waals surface area contributed by atoms with E-state index in [1.54, 1.807) is 0 Å². The van der Waals surface area contributed by atoms with Crippen LogP contribution in [0.3, 0.4) is 0 Å². The lowest BCUT2D eigenvalue weighted by Crippen LogP contribution is -2.57. The Morgan fingerprint density at radius 3 is 2.50 bits per heavy atom. The molecule has 102 valence electrons. The quantitative estimate of drug-likeness (QED) is 0.550. The zero-order chi connectivity index (χ0) is 13.8. The summed E-state index contributed by atoms with van der Waals surface area (Å²) in [6.45, 7) is -0.601. The summed E-state index contributed by atoms with van der Waals surface area (Å²) in [7, 11) is 1.21. The summed E-state index contributed by atoms with van der Waals surface area (Å²) >= 11 is 0. The van der Waals surface area contributed by atoms with Crippen LogP contribution < -0.4 is 5.32 Å². The summed E-state index contributed by atoms with van der Waals surface area (Å²) < 4.78 is 29.8. The minimum Gasteiger partial charge on any atom is -0.466 e. The predicted octanol–water partition coefficient (Wildman–Crippen LogP) is 0.240. The summed E-state index contributed by atoms with van der Waals surface area (Å²) in [5.74, 6) is -4.09. The van der Waals surface area contributed by atoms with Crippen LogP contribution in [0.15, 0.2) is 12.2 Å². The molecule has 0 unspecified atom stereocenters. The fourth-order valence-corrected chi connectivity index (χ4v) is 1.84. The first-order chi connectivity index (χ1) is 8.35. The lowest BCUT2D eigenvalue weighted by atomic mass is 9.66. The maximum atomic E-state index is 12.8. The molecule has 1 aliphatic carbocycles. The summed E-state index contributed by atoms with van der Waals surface area (Å²) in [5, 5.41) is 11.4. The van der Waals surface area contributed by atoms with Crippen molar-refractivity contribution in [3.63, 3.8) is 0 Å². The lowest BCUT2D eigenvalue weighted by molar-refractivity contribution is -0.187. The molecule has 5 nitrogen and oxygen atoms in total. The number of ether oxygens (including phenoxy) is 1. The minimum atomic E-state index is -2.89. The lowest BCUT2D eigenvalue weighted by Gasteiger charge is -2.44. The molecular weight excluding hydrogens is 248 g/mol. The molecule has 1 saturated carbocycles. The second kappa shape index (κ2) is 5.43. The van der Waals surface area contributed by atoms with Crippen LogP contribution in [0.4, 0.5) is 8.78 Å². The van der Waals surface area contributed by atoms with Crippen molar-refractivity contribution in [1.82, 2.24) is 5.32 Å². The molecule has 0 saturated heterocycles. The summed E-state index contributed by atoms with van der Waals surface area (Å²) in [6.07, 6.45) is 1.15. The molecule has 1 rings (SSSR count). The molecule has 0 aromatic rings. The molecule has 7 heteroatoms. The van der Waals surface area contributed by atoms with Gasteiger partial charge >= 0.3 is 5.97 Å². The van der Waals surface area contributed by atoms with E-state index in [2.05, 4.69) is 10.1 Å². The highest BCUT2D eigenvalue weighted by molar-refractivity contribution is 5.85. The Balaban J connectivity index is 2.41. The largest absolute Gasteiger partial charge is 0.466 e. The molecule has 0 aromatic carbocycles. The Hall–Kier alpha value is -1.50. The average Bonchev–Trinajstić information content (AvgIpc) is 2.30. The van der Waals surface area contributed by atoms with Crippen molar-refractivity contribution in [2.75, 3.05) is 20.3 Å². The Morgan fingerprint density at radius 1 is 1.44 bits per heavy atom. The number of alkyl halides is 2. The first kappa shape index (κ1) is 14.6. The highest BCUT2D eigenvalue weighted by Crippen LogP contribution is 2.51. The van der Waals surface area contributed by atoms with Crippen LogP contribution in [0, 0.1) is 5.41 Å². The van der Waals surface area contributed by atoms with E-state index in [0.29, 0.717) is 0 Å². The van der Waals surface area contributed by atoms with Gasteiger partial charge in [0.25, 0.3) is 0 Å². The van der Waals surface area contributed by atoms with Crippen LogP contribution in [-0.2, 0) is 14.3 Å². The third kappa shape index (κ3) is 3.25. The smallest absolute Gasteiger partial charge is 0.330 e. The number of nitrogens with one attached hydrogen (secondary N) is 1. The zero-order valence-electron chi connectivity index (χ0n) is 9.91. The number of amides is 1. The average molecular weight is 263 g/mol. The normalized spacial score (nSPS) is 20.2. The molecule has 0 radical (unpaired) electrons. The Labute approximate surface area is 103 Å². The number of carbonyl (C=O) groups excluding carboxylic acids is 2. The SMILES string of the molecule is COC(=O)/C=C/CNC(=O)C1(CO)CC(F)(F)C1. The van der Waals surface area contributed by atoms with Gasteiger partial charge in [0.05, 0.1) is 19.1 Å². The van der Waals surface area contributed by atoms with E-state index >= 15 is 0 Å². The molecular formula is C11H15F2NO4. The van der Waals surface area contributed by atoms with Gasteiger partial charge in [0.15, 0.2) is 0 Å². The fourth-order valence-electron chi connectivity index (χ4n) is 1.84. The summed E-state index contributed by atoms with van der Waals surface area (Å²) in [5.41, 5.74) is -1.40. The van der Waals surface area contributed by atoms with Crippen LogP contribution >= 0.6 is 0 Å². The van der Waals surface area contributed by atoms with Crippen LogP contribution in [0.2, 0.25) is 0 Å². The molecule has 0 aromatic heterocycles. The van der Waals surface area contributed by atoms with Crippen molar-refractivity contribution in [2.24, 2.45) is 5.41 Å². The second-order valence-corrected chi connectivity index (χ2v) is 4.28. The molecule has 0 aliphatic heterocycles. The second-order valence-electron chi connectivity index (χ2n) is 4.28. The number of methoxy groups -OCH3 is 1. The number of hydrogen-bond donors (Lipinski definition) is 2. The summed E-state index contributed by atoms with van der Waals surface area (Å²) in [6, 6.07) is 0. The third-order valence-corrected chi connectivity index (χ3v) is 2.81. The monoisotopic (exact) mass is 263 g/mol. The molecule has 2 N–H and O–H groups in total. The molecule has 0 spiro atoms. The van der Waals surface area contributed by atoms with Crippen molar-refractivity contribution in [2.45, 2.75) is 18.8 Å². The van der Waals surface area contributed by atoms with Gasteiger partial charge in [0.2, 0.25) is 11.8 Å². The van der Waals surface area contributed by atoms with Crippen molar-refractivity contribution in [3.05, 3.63) is 12.2 Å². The van der Waals surface area contributed by atoms with Gasteiger partial charge in [-0.1, -0.05) is 6.08 Å². The Bertz CT molecular complexity index is 360. The highest BCUT2D eigenvalue weighted by atomic mass is 19.3. The third-order valence-electron chi connectivity index (χ3n) is 2.81. The van der Waals surface area contributed by atoms with Crippen molar-refractivity contribution in [3.8, 4) is 0 Å². The van der Waals surface area contributed by atoms with Gasteiger partial charge in [-0.05, 0) is 0 Å². The maximum Gasteiger partial charge on any atom is 0.330 e. The van der Waals surface area contributed by atoms with E-state index < -0.39 is 42.7 Å². The molecule has 0 bridgehead atoms. The fraction of sp³-hybridized carbons (Fsp3) is 0.636. The number of carbonyl (C=O) groups is 2. The Morgan fingerprint density at radius 2 is 2.06 bits per heavy atom. The van der Waals surface area contributed by atoms with Gasteiger partial charge in [-0.15, -0.1) is 0 Å². The van der Waals surface area contributed by atoms with Crippen LogP contribution in [0.1, 0.15) is 12.8 Å². The van der Waals surface area contributed by atoms with Gasteiger partial charge in [-0.3, -0.25) is 4.79 Å². The van der Waals surface area contributed by atoms with Gasteiger partial charge < -0.3 is 15.2 Å². The van der Waals surface area contributed by atoms with Gasteiger partial charge in [0, 0.05) is 25.5 Å². The number of esters is 1. The number of aliphatic hydroxyl groups excluding tert-OH is 1. The number of aliphatic hydroxyl groups is 1. The zero-order valence-corrected chi connectivity index (χ0v) is 9.91. The number of halogens is 2. The van der Waals surface area contributed by atoms with E-state index in [9.17, 15) is 18.4 Å². The standard InChI is InChI=1S/C11H15F2NO4/c1-18-8(16)3-2-4-14-9(17)10(7-15)5-11(12,13)6-10/h2-3,15H,4-7H2,1H3,(H,14,17)/b3-2+. The molecule has 0 atom stereocenters. The minimum absolute atomic E-state index is 0.0151. The van der Waals surface area contributed by atoms with E-state index in [1.165, 1.54) is 13.2 Å². The van der Waals surface area contributed by atoms with Crippen molar-refractivity contribution in [1.29, 1.82) is 0 Å². The first-order valence-electron chi connectivity index (χ1n) is 5.37. The number of rotatable bonds is 5. The summed E-state index contributed by atoms with van der Waals surface area (Å²) in [4.78, 5) is 22.3. The highest BCUT2D eigenvalue weighted by Gasteiger charge is 2.60. The molecule has 1 amide bonds. The Kier molecular flexibility index (Phi) is 4.39. The predicted molar refractivity (Wildman–Crippen MR) is 57.9 cm³/mol. The van der Waals surface area contributed by atoms with Gasteiger partial charge in [-0.25, -0.2) is 13.6 Å². The topological polar surface area (TPSA) is 75.6 Å². The van der Waals surface area contributed by atoms with E-state index in [0.717, 1.165) is 6.08 Å². The molecule has 1 aliphatic rings. The van der Waals surface area contributed by atoms with Crippen molar-refractivity contribution < 1.29 is 28.2 Å². The molecule has 18 heavy (non-hydrogen) atoms. The molecule has 1 fully saturated rings. The van der Waals surface area contributed by atoms with E-state index in [1.807, 2.05) is 0 Å².